The molecule has 3 heteroatoms. The van der Waals surface area contributed by atoms with E-state index in [1.807, 2.05) is 18.4 Å². The number of benzene rings is 1. The van der Waals surface area contributed by atoms with E-state index < -0.39 is 0 Å². The summed E-state index contributed by atoms with van der Waals surface area (Å²) in [6.07, 6.45) is 2.79. The van der Waals surface area contributed by atoms with E-state index in [1.54, 1.807) is 0 Å². The Kier molecular flexibility index (Phi) is 3.52. The van der Waals surface area contributed by atoms with Crippen LogP contribution in [0.25, 0.3) is 11.0 Å². The Balaban J connectivity index is 2.36. The van der Waals surface area contributed by atoms with E-state index in [9.17, 15) is 0 Å². The van der Waals surface area contributed by atoms with Gasteiger partial charge in [0, 0.05) is 5.39 Å². The molecule has 0 aliphatic heterocycles. The molecule has 0 fully saturated rings. The van der Waals surface area contributed by atoms with E-state index >= 15 is 0 Å². The molecule has 0 saturated carbocycles. The maximum atomic E-state index is 6.09. The maximum Gasteiger partial charge on any atom is 0.152 e. The summed E-state index contributed by atoms with van der Waals surface area (Å²) in [5.41, 5.74) is 3.27. The van der Waals surface area contributed by atoms with Crippen LogP contribution in [0, 0.1) is 6.92 Å². The first-order valence-electron chi connectivity index (χ1n) is 5.60. The molecule has 1 aromatic carbocycles. The number of halogens is 1. The van der Waals surface area contributed by atoms with Crippen LogP contribution in [0.1, 0.15) is 18.1 Å². The largest absolute Gasteiger partial charge is 0.462 e. The van der Waals surface area contributed by atoms with Crippen LogP contribution in [0.5, 0.6) is 0 Å². The Hall–Kier alpha value is -0.990. The second kappa shape index (κ2) is 4.89. The second-order valence-corrected chi connectivity index (χ2v) is 4.34. The number of nitrogens with one attached hydrogen (secondary N) is 1. The topological polar surface area (TPSA) is 25.2 Å². The molecule has 1 N–H and O–H groups in total. The summed E-state index contributed by atoms with van der Waals surface area (Å²) in [5, 5.41) is 5.17. The lowest BCUT2D eigenvalue weighted by Gasteiger charge is -2.02. The SMILES string of the molecule is CCNCCc1coc2c(Cl)ccc(C)c12. The molecule has 0 atom stereocenters. The third kappa shape index (κ3) is 2.08. The molecular formula is C13H16ClNO. The maximum absolute atomic E-state index is 6.09. The van der Waals surface area contributed by atoms with Gasteiger partial charge in [0.2, 0.25) is 0 Å². The van der Waals surface area contributed by atoms with Gasteiger partial charge in [-0.1, -0.05) is 24.6 Å². The van der Waals surface area contributed by atoms with Gasteiger partial charge in [0.05, 0.1) is 11.3 Å². The van der Waals surface area contributed by atoms with E-state index in [-0.39, 0.29) is 0 Å². The van der Waals surface area contributed by atoms with Crippen LogP contribution >= 0.6 is 11.6 Å². The Morgan fingerprint density at radius 1 is 1.38 bits per heavy atom. The normalized spacial score (nSPS) is 11.2. The predicted octanol–water partition coefficient (Wildman–Crippen LogP) is 3.55. The highest BCUT2D eigenvalue weighted by molar-refractivity contribution is 6.35. The summed E-state index contributed by atoms with van der Waals surface area (Å²) in [6.45, 7) is 6.16. The number of hydrogen-bond donors (Lipinski definition) is 1. The third-order valence-electron chi connectivity index (χ3n) is 2.78. The van der Waals surface area contributed by atoms with Gasteiger partial charge in [0.1, 0.15) is 0 Å². The molecule has 0 saturated heterocycles. The van der Waals surface area contributed by atoms with Crippen LogP contribution in [0.4, 0.5) is 0 Å². The van der Waals surface area contributed by atoms with Gasteiger partial charge in [0.15, 0.2) is 5.58 Å². The minimum Gasteiger partial charge on any atom is -0.462 e. The van der Waals surface area contributed by atoms with Crippen LogP contribution in [0.3, 0.4) is 0 Å². The van der Waals surface area contributed by atoms with Gasteiger partial charge in [-0.2, -0.15) is 0 Å². The lowest BCUT2D eigenvalue weighted by Crippen LogP contribution is -2.15. The van der Waals surface area contributed by atoms with Crippen LogP contribution < -0.4 is 5.32 Å². The number of fused-ring (bicyclic) bond motifs is 1. The van der Waals surface area contributed by atoms with Gasteiger partial charge < -0.3 is 9.73 Å². The molecule has 2 rings (SSSR count). The van der Waals surface area contributed by atoms with Crippen molar-refractivity contribution in [2.45, 2.75) is 20.3 Å². The molecule has 0 aliphatic rings. The molecule has 0 unspecified atom stereocenters. The number of furan rings is 1. The molecule has 0 bridgehead atoms. The molecular weight excluding hydrogens is 222 g/mol. The van der Waals surface area contributed by atoms with Crippen LogP contribution in [-0.2, 0) is 6.42 Å². The highest BCUT2D eigenvalue weighted by atomic mass is 35.5. The zero-order valence-corrected chi connectivity index (χ0v) is 10.4. The average Bonchev–Trinajstić information content (AvgIpc) is 2.69. The molecule has 0 spiro atoms. The highest BCUT2D eigenvalue weighted by Gasteiger charge is 2.10. The molecule has 2 nitrogen and oxygen atoms in total. The molecule has 1 aromatic heterocycles. The Morgan fingerprint density at radius 3 is 2.94 bits per heavy atom. The van der Waals surface area contributed by atoms with E-state index in [0.29, 0.717) is 5.02 Å². The second-order valence-electron chi connectivity index (χ2n) is 3.93. The van der Waals surface area contributed by atoms with Gasteiger partial charge in [-0.15, -0.1) is 0 Å². The molecule has 1 heterocycles. The highest BCUT2D eigenvalue weighted by Crippen LogP contribution is 2.30. The monoisotopic (exact) mass is 237 g/mol. The van der Waals surface area contributed by atoms with Crippen molar-refractivity contribution in [2.75, 3.05) is 13.1 Å². The van der Waals surface area contributed by atoms with Crippen molar-refractivity contribution in [3.63, 3.8) is 0 Å². The zero-order chi connectivity index (χ0) is 11.5. The number of likely N-dealkylation sites (N-methyl/N-ethyl adjacent to an activating group) is 1. The zero-order valence-electron chi connectivity index (χ0n) is 9.64. The summed E-state index contributed by atoms with van der Waals surface area (Å²) >= 11 is 6.09. The van der Waals surface area contributed by atoms with Crippen molar-refractivity contribution in [1.82, 2.24) is 5.32 Å². The van der Waals surface area contributed by atoms with Crippen molar-refractivity contribution in [3.05, 3.63) is 34.5 Å². The van der Waals surface area contributed by atoms with E-state index in [2.05, 4.69) is 19.2 Å². The number of hydrogen-bond acceptors (Lipinski definition) is 2. The first-order chi connectivity index (χ1) is 7.74. The van der Waals surface area contributed by atoms with Gasteiger partial charge in [-0.25, -0.2) is 0 Å². The van der Waals surface area contributed by atoms with Crippen molar-refractivity contribution < 1.29 is 4.42 Å². The van der Waals surface area contributed by atoms with E-state index in [1.165, 1.54) is 16.5 Å². The first-order valence-corrected chi connectivity index (χ1v) is 5.97. The van der Waals surface area contributed by atoms with Gasteiger partial charge in [-0.05, 0) is 43.6 Å². The fourth-order valence-corrected chi connectivity index (χ4v) is 2.14. The molecule has 86 valence electrons. The summed E-state index contributed by atoms with van der Waals surface area (Å²) in [6, 6.07) is 3.92. The predicted molar refractivity (Wildman–Crippen MR) is 68.2 cm³/mol. The third-order valence-corrected chi connectivity index (χ3v) is 3.08. The van der Waals surface area contributed by atoms with Crippen molar-refractivity contribution in [3.8, 4) is 0 Å². The smallest absolute Gasteiger partial charge is 0.152 e. The summed E-state index contributed by atoms with van der Waals surface area (Å²) in [5.74, 6) is 0. The van der Waals surface area contributed by atoms with E-state index in [0.717, 1.165) is 25.1 Å². The van der Waals surface area contributed by atoms with Gasteiger partial charge >= 0.3 is 0 Å². The lowest BCUT2D eigenvalue weighted by atomic mass is 10.1. The summed E-state index contributed by atoms with van der Waals surface area (Å²) in [4.78, 5) is 0. The Labute approximate surface area is 101 Å². The van der Waals surface area contributed by atoms with Gasteiger partial charge in [-0.3, -0.25) is 0 Å². The Bertz CT molecular complexity index is 490. The standard InChI is InChI=1S/C13H16ClNO/c1-3-15-7-6-10-8-16-13-11(14)5-4-9(2)12(10)13/h4-5,8,15H,3,6-7H2,1-2H3. The average molecular weight is 238 g/mol. The quantitative estimate of drug-likeness (QED) is 0.823. The number of rotatable bonds is 4. The molecule has 0 radical (unpaired) electrons. The lowest BCUT2D eigenvalue weighted by molar-refractivity contribution is 0.607. The van der Waals surface area contributed by atoms with Crippen molar-refractivity contribution in [2.24, 2.45) is 0 Å². The molecule has 0 amide bonds. The fourth-order valence-electron chi connectivity index (χ4n) is 1.94. The molecule has 0 aliphatic carbocycles. The van der Waals surface area contributed by atoms with Crippen molar-refractivity contribution >= 4 is 22.6 Å². The Morgan fingerprint density at radius 2 is 2.19 bits per heavy atom. The van der Waals surface area contributed by atoms with E-state index in [4.69, 9.17) is 16.0 Å². The molecule has 2 aromatic rings. The number of aryl methyl sites for hydroxylation is 1. The molecule has 16 heavy (non-hydrogen) atoms. The van der Waals surface area contributed by atoms with Crippen LogP contribution in [-0.4, -0.2) is 13.1 Å². The fraction of sp³-hybridized carbons (Fsp3) is 0.385. The van der Waals surface area contributed by atoms with Crippen LogP contribution in [0.15, 0.2) is 22.8 Å². The van der Waals surface area contributed by atoms with Crippen LogP contribution in [0.2, 0.25) is 5.02 Å². The van der Waals surface area contributed by atoms with Gasteiger partial charge in [0.25, 0.3) is 0 Å². The summed E-state index contributed by atoms with van der Waals surface area (Å²) in [7, 11) is 0. The first kappa shape index (κ1) is 11.5. The minimum atomic E-state index is 0.690. The minimum absolute atomic E-state index is 0.690. The summed E-state index contributed by atoms with van der Waals surface area (Å²) < 4.78 is 5.53. The van der Waals surface area contributed by atoms with Crippen molar-refractivity contribution in [1.29, 1.82) is 0 Å².